The zero-order chi connectivity index (χ0) is 17.9. The number of benzene rings is 3. The molecule has 0 amide bonds. The highest BCUT2D eigenvalue weighted by atomic mass is 31.2. The topological polar surface area (TPSA) is 29.4 Å². The Morgan fingerprint density at radius 1 is 0.720 bits per heavy atom. The Kier molecular flexibility index (Phi) is 5.01. The number of hydrogen-bond acceptors (Lipinski definition) is 1. The van der Waals surface area contributed by atoms with Gasteiger partial charge in [-0.05, 0) is 49.6 Å². The predicted molar refractivity (Wildman–Crippen MR) is 108 cm³/mol. The Bertz CT molecular complexity index is 911. The molecule has 0 aliphatic rings. The summed E-state index contributed by atoms with van der Waals surface area (Å²) in [6.07, 6.45) is 0. The Morgan fingerprint density at radius 2 is 1.16 bits per heavy atom. The molecule has 0 bridgehead atoms. The largest absolute Gasteiger partial charge is 0.288 e. The highest BCUT2D eigenvalue weighted by Crippen LogP contribution is 2.47. The summed E-state index contributed by atoms with van der Waals surface area (Å²) >= 11 is 0. The monoisotopic (exact) mass is 347 g/mol. The lowest BCUT2D eigenvalue weighted by Gasteiger charge is -2.20. The maximum absolute atomic E-state index is 14.3. The average Bonchev–Trinajstić information content (AvgIpc) is 2.63. The van der Waals surface area contributed by atoms with Crippen molar-refractivity contribution in [3.8, 4) is 0 Å². The second-order valence-corrected chi connectivity index (χ2v) is 8.52. The summed E-state index contributed by atoms with van der Waals surface area (Å²) in [5, 5.41) is 1.61. The van der Waals surface area contributed by atoms with Gasteiger partial charge in [0.15, 0.2) is 0 Å². The molecule has 0 fully saturated rings. The molecule has 0 spiro atoms. The summed E-state index contributed by atoms with van der Waals surface area (Å²) in [4.78, 5) is 0. The van der Waals surface area contributed by atoms with Crippen LogP contribution in [0.3, 0.4) is 0 Å². The first kappa shape index (κ1) is 17.4. The van der Waals surface area contributed by atoms with Gasteiger partial charge < -0.3 is 0 Å². The highest BCUT2D eigenvalue weighted by molar-refractivity contribution is 7.77. The Hall–Kier alpha value is -2.44. The van der Waals surface area contributed by atoms with E-state index in [2.05, 4.69) is 0 Å². The van der Waals surface area contributed by atoms with E-state index >= 15 is 0 Å². The van der Waals surface area contributed by atoms with Gasteiger partial charge in [-0.15, -0.1) is 0 Å². The van der Waals surface area contributed by atoms with Crippen molar-refractivity contribution in [3.63, 3.8) is 0 Å². The van der Waals surface area contributed by atoms with E-state index in [9.17, 15) is 4.57 Å². The summed E-state index contributed by atoms with van der Waals surface area (Å²) < 4.78 is 19.1. The van der Waals surface area contributed by atoms with Gasteiger partial charge in [-0.2, -0.15) is 0 Å². The average molecular weight is 347 g/mol. The van der Waals surface area contributed by atoms with Crippen molar-refractivity contribution in [2.24, 2.45) is 4.76 Å². The van der Waals surface area contributed by atoms with Crippen LogP contribution in [0.25, 0.3) is 0 Å². The van der Waals surface area contributed by atoms with Crippen LogP contribution in [0.15, 0.2) is 83.6 Å². The molecule has 0 unspecified atom stereocenters. The van der Waals surface area contributed by atoms with Gasteiger partial charge >= 0.3 is 0 Å². The number of aryl methyl sites for hydroxylation is 2. The van der Waals surface area contributed by atoms with Gasteiger partial charge in [0.05, 0.1) is 0 Å². The van der Waals surface area contributed by atoms with Crippen LogP contribution in [0.1, 0.15) is 23.6 Å². The molecule has 0 aromatic heterocycles. The van der Waals surface area contributed by atoms with Crippen molar-refractivity contribution < 1.29 is 4.57 Å². The van der Waals surface area contributed by atoms with Crippen LogP contribution in [-0.4, -0.2) is 5.71 Å². The summed E-state index contributed by atoms with van der Waals surface area (Å²) in [6.45, 7) is 5.92. The molecule has 3 aromatic carbocycles. The Balaban J connectivity index is 2.26. The van der Waals surface area contributed by atoms with Gasteiger partial charge in [-0.1, -0.05) is 66.7 Å². The van der Waals surface area contributed by atoms with Gasteiger partial charge in [0.2, 0.25) is 7.29 Å². The van der Waals surface area contributed by atoms with Gasteiger partial charge in [-0.25, -0.2) is 4.76 Å². The molecule has 0 atom stereocenters. The van der Waals surface area contributed by atoms with Gasteiger partial charge in [0.1, 0.15) is 0 Å². The third kappa shape index (κ3) is 3.50. The van der Waals surface area contributed by atoms with Crippen LogP contribution in [0.2, 0.25) is 0 Å². The van der Waals surface area contributed by atoms with E-state index < -0.39 is 7.29 Å². The molecular weight excluding hydrogens is 325 g/mol. The standard InChI is InChI=1S/C22H22NOP/c1-17-11-7-9-15-21(17)25(24,22-16-10-8-12-18(22)2)23-19(3)20-13-5-4-6-14-20/h4-16H,1-3H3/b23-19+. The molecule has 3 aromatic rings. The minimum atomic E-state index is -3.13. The molecule has 0 heterocycles. The summed E-state index contributed by atoms with van der Waals surface area (Å²) in [5.41, 5.74) is 3.78. The zero-order valence-electron chi connectivity index (χ0n) is 14.8. The Morgan fingerprint density at radius 3 is 1.64 bits per heavy atom. The molecule has 3 rings (SSSR count). The number of hydrogen-bond donors (Lipinski definition) is 0. The summed E-state index contributed by atoms with van der Waals surface area (Å²) in [6, 6.07) is 25.6. The first-order chi connectivity index (χ1) is 12.0. The van der Waals surface area contributed by atoms with Gasteiger partial charge in [0, 0.05) is 16.3 Å². The second-order valence-electron chi connectivity index (χ2n) is 6.20. The van der Waals surface area contributed by atoms with E-state index in [1.54, 1.807) is 0 Å². The second kappa shape index (κ2) is 7.21. The summed E-state index contributed by atoms with van der Waals surface area (Å²) in [5.74, 6) is 0. The first-order valence-electron chi connectivity index (χ1n) is 8.37. The molecular formula is C22H22NOP. The molecule has 0 radical (unpaired) electrons. The molecule has 126 valence electrons. The van der Waals surface area contributed by atoms with Crippen molar-refractivity contribution >= 4 is 23.6 Å². The van der Waals surface area contributed by atoms with Crippen molar-refractivity contribution in [2.45, 2.75) is 20.8 Å². The van der Waals surface area contributed by atoms with E-state index in [0.717, 1.165) is 33.0 Å². The van der Waals surface area contributed by atoms with E-state index in [1.165, 1.54) is 0 Å². The zero-order valence-corrected chi connectivity index (χ0v) is 15.7. The van der Waals surface area contributed by atoms with Crippen molar-refractivity contribution in [2.75, 3.05) is 0 Å². The maximum Gasteiger partial charge on any atom is 0.248 e. The molecule has 0 aliphatic heterocycles. The molecule has 3 heteroatoms. The molecule has 0 saturated heterocycles. The van der Waals surface area contributed by atoms with Gasteiger partial charge in [-0.3, -0.25) is 4.57 Å². The lowest BCUT2D eigenvalue weighted by Crippen LogP contribution is -2.20. The van der Waals surface area contributed by atoms with E-state index in [-0.39, 0.29) is 0 Å². The predicted octanol–water partition coefficient (Wildman–Crippen LogP) is 5.04. The molecule has 0 N–H and O–H groups in total. The van der Waals surface area contributed by atoms with Crippen LogP contribution in [0, 0.1) is 13.8 Å². The molecule has 0 saturated carbocycles. The smallest absolute Gasteiger partial charge is 0.248 e. The molecule has 2 nitrogen and oxygen atoms in total. The molecule has 0 aliphatic carbocycles. The van der Waals surface area contributed by atoms with Gasteiger partial charge in [0.25, 0.3) is 0 Å². The fourth-order valence-corrected chi connectivity index (χ4v) is 5.69. The first-order valence-corrected chi connectivity index (χ1v) is 10.0. The fourth-order valence-electron chi connectivity index (χ4n) is 2.99. The van der Waals surface area contributed by atoms with E-state index in [0.29, 0.717) is 0 Å². The van der Waals surface area contributed by atoms with E-state index in [4.69, 9.17) is 4.76 Å². The SMILES string of the molecule is C/C(=N\P(=O)(c1ccccc1C)c1ccccc1C)c1ccccc1. The van der Waals surface area contributed by atoms with Crippen molar-refractivity contribution in [3.05, 3.63) is 95.6 Å². The third-order valence-electron chi connectivity index (χ3n) is 4.37. The van der Waals surface area contributed by atoms with Crippen LogP contribution in [-0.2, 0) is 4.57 Å². The normalized spacial score (nSPS) is 12.2. The Labute approximate surface area is 149 Å². The van der Waals surface area contributed by atoms with Crippen LogP contribution >= 0.6 is 7.29 Å². The van der Waals surface area contributed by atoms with Crippen molar-refractivity contribution in [1.82, 2.24) is 0 Å². The van der Waals surface area contributed by atoms with Crippen LogP contribution < -0.4 is 10.6 Å². The quantitative estimate of drug-likeness (QED) is 0.480. The van der Waals surface area contributed by atoms with Crippen LogP contribution in [0.5, 0.6) is 0 Å². The lowest BCUT2D eigenvalue weighted by molar-refractivity contribution is 0.588. The minimum absolute atomic E-state index is 0.787. The van der Waals surface area contributed by atoms with Crippen LogP contribution in [0.4, 0.5) is 0 Å². The third-order valence-corrected chi connectivity index (χ3v) is 7.26. The van der Waals surface area contributed by atoms with Crippen molar-refractivity contribution in [1.29, 1.82) is 0 Å². The lowest BCUT2D eigenvalue weighted by atomic mass is 10.1. The highest BCUT2D eigenvalue weighted by Gasteiger charge is 2.30. The fraction of sp³-hybridized carbons (Fsp3) is 0.136. The number of rotatable bonds is 4. The maximum atomic E-state index is 14.3. The number of nitrogens with zero attached hydrogens (tertiary/aromatic N) is 1. The molecule has 25 heavy (non-hydrogen) atoms. The summed E-state index contributed by atoms with van der Waals surface area (Å²) in [7, 11) is -3.13. The minimum Gasteiger partial charge on any atom is -0.288 e. The van der Waals surface area contributed by atoms with E-state index in [1.807, 2.05) is 99.6 Å².